The quantitative estimate of drug-likeness (QED) is 0.778. The molecule has 0 bridgehead atoms. The molecule has 0 spiro atoms. The molecule has 0 atom stereocenters. The van der Waals surface area contributed by atoms with E-state index in [1.807, 2.05) is 0 Å². The normalized spacial score (nSPS) is 21.8. The maximum atomic E-state index is 13.1. The molecule has 1 saturated heterocycles. The minimum atomic E-state index is -0.553. The van der Waals surface area contributed by atoms with E-state index < -0.39 is 29.8 Å². The number of carbonyl (C=O) groups excluding carboxylic acids is 3. The zero-order chi connectivity index (χ0) is 18.3. The molecule has 1 aliphatic carbocycles. The third-order valence-electron chi connectivity index (χ3n) is 5.40. The zero-order valence-electron chi connectivity index (χ0n) is 14.4. The lowest BCUT2D eigenvalue weighted by molar-refractivity contribution is -0.128. The van der Waals surface area contributed by atoms with Crippen LogP contribution in [0.3, 0.4) is 0 Å². The summed E-state index contributed by atoms with van der Waals surface area (Å²) in [6.45, 7) is 1.24. The molecule has 26 heavy (non-hydrogen) atoms. The summed E-state index contributed by atoms with van der Waals surface area (Å²) in [5.74, 6) is -0.432. The topological polar surface area (TPSA) is 70.0 Å². The van der Waals surface area contributed by atoms with Crippen LogP contribution in [0, 0.1) is 17.7 Å². The van der Waals surface area contributed by atoms with Crippen molar-refractivity contribution >= 4 is 29.0 Å². The molecule has 2 aliphatic heterocycles. The Balaban J connectivity index is 1.52. The molecule has 1 aromatic carbocycles. The lowest BCUT2D eigenvalue weighted by atomic mass is 9.92. The minimum absolute atomic E-state index is 0.209. The van der Waals surface area contributed by atoms with Crippen molar-refractivity contribution in [1.82, 2.24) is 4.90 Å². The summed E-state index contributed by atoms with van der Waals surface area (Å²) < 4.78 is 13.1. The number of amides is 2. The molecule has 3 aliphatic rings. The molecular formula is C19H20FN3O3. The highest BCUT2D eigenvalue weighted by Gasteiger charge is 2.38. The Bertz CT molecular complexity index is 778. The standard InChI is InChI=1S/C19H20FN3O3/c20-14-3-5-15(6-4-14)23-17(25)11-16(24)18(21-23)19(26)22-9-7-13(8-10-22)12-1-2-12/h3-6,12-13H,1-2,7-11H2. The van der Waals surface area contributed by atoms with Crippen LogP contribution in [-0.2, 0) is 14.4 Å². The summed E-state index contributed by atoms with van der Waals surface area (Å²) in [7, 11) is 0. The van der Waals surface area contributed by atoms with Gasteiger partial charge in [-0.15, -0.1) is 0 Å². The van der Waals surface area contributed by atoms with Crippen LogP contribution in [0.25, 0.3) is 0 Å². The molecule has 2 fully saturated rings. The Morgan fingerprint density at radius 3 is 2.23 bits per heavy atom. The number of likely N-dealkylation sites (tertiary alicyclic amines) is 1. The van der Waals surface area contributed by atoms with Crippen molar-refractivity contribution in [2.75, 3.05) is 18.1 Å². The monoisotopic (exact) mass is 357 g/mol. The van der Waals surface area contributed by atoms with Crippen LogP contribution in [-0.4, -0.2) is 41.3 Å². The first kappa shape index (κ1) is 16.9. The number of benzene rings is 1. The largest absolute Gasteiger partial charge is 0.337 e. The Hall–Kier alpha value is -2.57. The van der Waals surface area contributed by atoms with Crippen molar-refractivity contribution in [1.29, 1.82) is 0 Å². The molecule has 2 heterocycles. The predicted molar refractivity (Wildman–Crippen MR) is 93.0 cm³/mol. The number of hydrogen-bond acceptors (Lipinski definition) is 4. The first-order valence-electron chi connectivity index (χ1n) is 9.02. The summed E-state index contributed by atoms with van der Waals surface area (Å²) in [5, 5.41) is 5.04. The van der Waals surface area contributed by atoms with Crippen LogP contribution in [0.5, 0.6) is 0 Å². The molecule has 2 amide bonds. The Labute approximate surface area is 150 Å². The average molecular weight is 357 g/mol. The van der Waals surface area contributed by atoms with Gasteiger partial charge in [0.05, 0.1) is 12.1 Å². The molecule has 0 aromatic heterocycles. The van der Waals surface area contributed by atoms with Crippen LogP contribution < -0.4 is 5.01 Å². The molecule has 136 valence electrons. The fourth-order valence-electron chi connectivity index (χ4n) is 3.74. The van der Waals surface area contributed by atoms with Crippen LogP contribution in [0.4, 0.5) is 10.1 Å². The average Bonchev–Trinajstić information content (AvgIpc) is 3.48. The van der Waals surface area contributed by atoms with Crippen molar-refractivity contribution in [2.24, 2.45) is 16.9 Å². The van der Waals surface area contributed by atoms with E-state index in [4.69, 9.17) is 0 Å². The van der Waals surface area contributed by atoms with Crippen LogP contribution in [0.2, 0.25) is 0 Å². The Kier molecular flexibility index (Phi) is 4.30. The minimum Gasteiger partial charge on any atom is -0.337 e. The molecule has 1 aromatic rings. The Morgan fingerprint density at radius 2 is 1.62 bits per heavy atom. The summed E-state index contributed by atoms with van der Waals surface area (Å²) in [5.41, 5.74) is 0.125. The van der Waals surface area contributed by atoms with E-state index in [1.54, 1.807) is 4.90 Å². The van der Waals surface area contributed by atoms with Gasteiger partial charge in [0.1, 0.15) is 5.82 Å². The van der Waals surface area contributed by atoms with Gasteiger partial charge < -0.3 is 4.90 Å². The second kappa shape index (κ2) is 6.63. The van der Waals surface area contributed by atoms with Crippen LogP contribution >= 0.6 is 0 Å². The summed E-state index contributed by atoms with van der Waals surface area (Å²) >= 11 is 0. The number of anilines is 1. The van der Waals surface area contributed by atoms with Crippen molar-refractivity contribution in [3.05, 3.63) is 30.1 Å². The van der Waals surface area contributed by atoms with Crippen LogP contribution in [0.15, 0.2) is 29.4 Å². The summed E-state index contributed by atoms with van der Waals surface area (Å²) in [6, 6.07) is 5.21. The van der Waals surface area contributed by atoms with Gasteiger partial charge in [-0.05, 0) is 61.8 Å². The van der Waals surface area contributed by atoms with Gasteiger partial charge in [0.25, 0.3) is 11.8 Å². The van der Waals surface area contributed by atoms with E-state index in [0.717, 1.165) is 23.8 Å². The first-order chi connectivity index (χ1) is 12.5. The van der Waals surface area contributed by atoms with Gasteiger partial charge in [-0.2, -0.15) is 10.1 Å². The van der Waals surface area contributed by atoms with E-state index in [0.29, 0.717) is 24.7 Å². The summed E-state index contributed by atoms with van der Waals surface area (Å²) in [4.78, 5) is 38.8. The fourth-order valence-corrected chi connectivity index (χ4v) is 3.74. The zero-order valence-corrected chi connectivity index (χ0v) is 14.4. The van der Waals surface area contributed by atoms with E-state index in [1.165, 1.54) is 37.1 Å². The van der Waals surface area contributed by atoms with Gasteiger partial charge >= 0.3 is 0 Å². The first-order valence-corrected chi connectivity index (χ1v) is 9.02. The third kappa shape index (κ3) is 3.25. The number of nitrogens with zero attached hydrogens (tertiary/aromatic N) is 3. The summed E-state index contributed by atoms with van der Waals surface area (Å²) in [6.07, 6.45) is 4.09. The van der Waals surface area contributed by atoms with Gasteiger partial charge in [0.15, 0.2) is 11.5 Å². The van der Waals surface area contributed by atoms with Gasteiger partial charge in [-0.25, -0.2) is 4.39 Å². The Morgan fingerprint density at radius 1 is 1.00 bits per heavy atom. The van der Waals surface area contributed by atoms with E-state index in [-0.39, 0.29) is 5.71 Å². The molecule has 1 saturated carbocycles. The smallest absolute Gasteiger partial charge is 0.278 e. The number of rotatable bonds is 3. The van der Waals surface area contributed by atoms with Gasteiger partial charge in [0, 0.05) is 13.1 Å². The number of piperidine rings is 1. The number of carbonyl (C=O) groups is 3. The number of ketones is 1. The SMILES string of the molecule is O=C1CC(=O)N(c2ccc(F)cc2)N=C1C(=O)N1CCC(C2CC2)CC1. The molecular weight excluding hydrogens is 337 g/mol. The fraction of sp³-hybridized carbons (Fsp3) is 0.474. The van der Waals surface area contributed by atoms with Gasteiger partial charge in [0.2, 0.25) is 0 Å². The highest BCUT2D eigenvalue weighted by atomic mass is 19.1. The third-order valence-corrected chi connectivity index (χ3v) is 5.40. The van der Waals surface area contributed by atoms with Crippen LogP contribution in [0.1, 0.15) is 32.1 Å². The number of hydrogen-bond donors (Lipinski definition) is 0. The lowest BCUT2D eigenvalue weighted by Crippen LogP contribution is -2.48. The van der Waals surface area contributed by atoms with Crippen molar-refractivity contribution in [2.45, 2.75) is 32.1 Å². The molecule has 0 radical (unpaired) electrons. The van der Waals surface area contributed by atoms with Crippen molar-refractivity contribution in [3.8, 4) is 0 Å². The highest BCUT2D eigenvalue weighted by Crippen LogP contribution is 2.41. The molecule has 7 heteroatoms. The van der Waals surface area contributed by atoms with Crippen molar-refractivity contribution < 1.29 is 18.8 Å². The number of hydrazone groups is 1. The lowest BCUT2D eigenvalue weighted by Gasteiger charge is -2.33. The van der Waals surface area contributed by atoms with Gasteiger partial charge in [-0.1, -0.05) is 0 Å². The number of halogens is 1. The second-order valence-electron chi connectivity index (χ2n) is 7.20. The predicted octanol–water partition coefficient (Wildman–Crippen LogP) is 2.14. The second-order valence-corrected chi connectivity index (χ2v) is 7.20. The van der Waals surface area contributed by atoms with E-state index >= 15 is 0 Å². The van der Waals surface area contributed by atoms with E-state index in [9.17, 15) is 18.8 Å². The molecule has 4 rings (SSSR count). The number of Topliss-reactive ketones (excluding diaryl/α,β-unsaturated/α-hetero) is 1. The van der Waals surface area contributed by atoms with E-state index in [2.05, 4.69) is 5.10 Å². The highest BCUT2D eigenvalue weighted by molar-refractivity contribution is 6.67. The molecule has 6 nitrogen and oxygen atoms in total. The maximum absolute atomic E-state index is 13.1. The molecule has 0 N–H and O–H groups in total. The van der Waals surface area contributed by atoms with Crippen molar-refractivity contribution in [3.63, 3.8) is 0 Å². The maximum Gasteiger partial charge on any atom is 0.278 e. The molecule has 0 unspecified atom stereocenters. The van der Waals surface area contributed by atoms with Gasteiger partial charge in [-0.3, -0.25) is 14.4 Å².